The SMILES string of the molecule is CCOc1ccc(NCCc2nnc(N)s2)cc1. The lowest BCUT2D eigenvalue weighted by Crippen LogP contribution is -2.04. The molecule has 18 heavy (non-hydrogen) atoms. The van der Waals surface area contributed by atoms with Crippen LogP contribution in [-0.2, 0) is 6.42 Å². The van der Waals surface area contributed by atoms with Crippen molar-refractivity contribution in [2.75, 3.05) is 24.2 Å². The monoisotopic (exact) mass is 264 g/mol. The number of aromatic nitrogens is 2. The third kappa shape index (κ3) is 3.59. The second-order valence-corrected chi connectivity index (χ2v) is 4.76. The molecule has 3 N–H and O–H groups in total. The van der Waals surface area contributed by atoms with Crippen LogP contribution >= 0.6 is 11.3 Å². The Labute approximate surface area is 110 Å². The van der Waals surface area contributed by atoms with Gasteiger partial charge in [-0.25, -0.2) is 0 Å². The molecule has 5 nitrogen and oxygen atoms in total. The summed E-state index contributed by atoms with van der Waals surface area (Å²) < 4.78 is 5.38. The lowest BCUT2D eigenvalue weighted by Gasteiger charge is -2.06. The number of ether oxygens (including phenoxy) is 1. The maximum Gasteiger partial charge on any atom is 0.203 e. The van der Waals surface area contributed by atoms with Crippen molar-refractivity contribution in [3.63, 3.8) is 0 Å². The van der Waals surface area contributed by atoms with Gasteiger partial charge in [0.2, 0.25) is 5.13 Å². The summed E-state index contributed by atoms with van der Waals surface area (Å²) in [6, 6.07) is 7.91. The van der Waals surface area contributed by atoms with Gasteiger partial charge in [-0.15, -0.1) is 10.2 Å². The zero-order valence-corrected chi connectivity index (χ0v) is 11.0. The van der Waals surface area contributed by atoms with E-state index in [0.717, 1.165) is 29.4 Å². The number of anilines is 2. The minimum absolute atomic E-state index is 0.520. The highest BCUT2D eigenvalue weighted by molar-refractivity contribution is 7.15. The van der Waals surface area contributed by atoms with Gasteiger partial charge >= 0.3 is 0 Å². The van der Waals surface area contributed by atoms with E-state index in [1.807, 2.05) is 31.2 Å². The van der Waals surface area contributed by atoms with Gasteiger partial charge in [0, 0.05) is 18.7 Å². The quantitative estimate of drug-likeness (QED) is 0.836. The lowest BCUT2D eigenvalue weighted by molar-refractivity contribution is 0.340. The number of nitrogen functional groups attached to an aromatic ring is 1. The van der Waals surface area contributed by atoms with Gasteiger partial charge in [0.1, 0.15) is 10.8 Å². The maximum atomic E-state index is 5.52. The fraction of sp³-hybridized carbons (Fsp3) is 0.333. The first kappa shape index (κ1) is 12.6. The number of benzene rings is 1. The molecular weight excluding hydrogens is 248 g/mol. The molecule has 0 atom stereocenters. The van der Waals surface area contributed by atoms with E-state index in [1.165, 1.54) is 11.3 Å². The van der Waals surface area contributed by atoms with Gasteiger partial charge in [-0.3, -0.25) is 0 Å². The predicted octanol–water partition coefficient (Wildman–Crippen LogP) is 2.17. The highest BCUT2D eigenvalue weighted by atomic mass is 32.1. The average molecular weight is 264 g/mol. The van der Waals surface area contributed by atoms with Gasteiger partial charge in [0.15, 0.2) is 0 Å². The molecule has 1 aromatic heterocycles. The number of rotatable bonds is 6. The molecule has 0 saturated heterocycles. The van der Waals surface area contributed by atoms with E-state index in [9.17, 15) is 0 Å². The van der Waals surface area contributed by atoms with E-state index in [4.69, 9.17) is 10.5 Å². The van der Waals surface area contributed by atoms with Gasteiger partial charge in [0.05, 0.1) is 6.61 Å². The molecule has 0 spiro atoms. The van der Waals surface area contributed by atoms with Gasteiger partial charge < -0.3 is 15.8 Å². The Kier molecular flexibility index (Phi) is 4.35. The van der Waals surface area contributed by atoms with Crippen LogP contribution in [0.5, 0.6) is 5.75 Å². The predicted molar refractivity (Wildman–Crippen MR) is 74.1 cm³/mol. The first-order valence-corrected chi connectivity index (χ1v) is 6.64. The fourth-order valence-electron chi connectivity index (χ4n) is 1.52. The van der Waals surface area contributed by atoms with Crippen LogP contribution in [0.3, 0.4) is 0 Å². The highest BCUT2D eigenvalue weighted by Crippen LogP contribution is 2.16. The van der Waals surface area contributed by atoms with E-state index in [1.54, 1.807) is 0 Å². The van der Waals surface area contributed by atoms with Gasteiger partial charge in [-0.2, -0.15) is 0 Å². The minimum Gasteiger partial charge on any atom is -0.494 e. The molecule has 0 saturated carbocycles. The van der Waals surface area contributed by atoms with Crippen LogP contribution < -0.4 is 15.8 Å². The summed E-state index contributed by atoms with van der Waals surface area (Å²) in [7, 11) is 0. The Morgan fingerprint density at radius 3 is 2.67 bits per heavy atom. The average Bonchev–Trinajstić information content (AvgIpc) is 2.78. The van der Waals surface area contributed by atoms with E-state index in [-0.39, 0.29) is 0 Å². The Balaban J connectivity index is 1.79. The van der Waals surface area contributed by atoms with Crippen LogP contribution in [0.1, 0.15) is 11.9 Å². The summed E-state index contributed by atoms with van der Waals surface area (Å²) >= 11 is 1.43. The van der Waals surface area contributed by atoms with Crippen LogP contribution in [0, 0.1) is 0 Å². The first-order chi connectivity index (χ1) is 8.78. The number of hydrogen-bond donors (Lipinski definition) is 2. The molecule has 2 rings (SSSR count). The Bertz CT molecular complexity index is 483. The molecule has 6 heteroatoms. The van der Waals surface area contributed by atoms with Gasteiger partial charge in [-0.05, 0) is 31.2 Å². The molecule has 0 aliphatic carbocycles. The van der Waals surface area contributed by atoms with E-state index in [0.29, 0.717) is 11.7 Å². The first-order valence-electron chi connectivity index (χ1n) is 5.82. The topological polar surface area (TPSA) is 73.1 Å². The molecular formula is C12H16N4OS. The molecule has 0 amide bonds. The normalized spacial score (nSPS) is 10.3. The summed E-state index contributed by atoms with van der Waals surface area (Å²) in [5.41, 5.74) is 6.58. The zero-order valence-electron chi connectivity index (χ0n) is 10.2. The van der Waals surface area contributed by atoms with Crippen LogP contribution in [0.4, 0.5) is 10.8 Å². The minimum atomic E-state index is 0.520. The summed E-state index contributed by atoms with van der Waals surface area (Å²) in [6.07, 6.45) is 0.822. The molecule has 1 aromatic carbocycles. The lowest BCUT2D eigenvalue weighted by atomic mass is 10.3. The summed E-state index contributed by atoms with van der Waals surface area (Å²) in [5.74, 6) is 0.889. The standard InChI is InChI=1S/C12H16N4OS/c1-2-17-10-5-3-9(4-6-10)14-8-7-11-15-16-12(13)18-11/h3-6,14H,2,7-8H2,1H3,(H2,13,16). The van der Waals surface area contributed by atoms with Crippen molar-refractivity contribution in [1.82, 2.24) is 10.2 Å². The van der Waals surface area contributed by atoms with Crippen LogP contribution in [0.2, 0.25) is 0 Å². The fourth-order valence-corrected chi connectivity index (χ4v) is 2.13. The number of nitrogens with one attached hydrogen (secondary N) is 1. The highest BCUT2D eigenvalue weighted by Gasteiger charge is 2.00. The Morgan fingerprint density at radius 1 is 1.28 bits per heavy atom. The van der Waals surface area contributed by atoms with Crippen molar-refractivity contribution in [3.8, 4) is 5.75 Å². The molecule has 0 fully saturated rings. The summed E-state index contributed by atoms with van der Waals surface area (Å²) in [5, 5.41) is 12.5. The third-order valence-corrected chi connectivity index (χ3v) is 3.13. The number of nitrogens with zero attached hydrogens (tertiary/aromatic N) is 2. The van der Waals surface area contributed by atoms with E-state index < -0.39 is 0 Å². The number of nitrogens with two attached hydrogens (primary N) is 1. The molecule has 2 aromatic rings. The van der Waals surface area contributed by atoms with Crippen LogP contribution in [0.25, 0.3) is 0 Å². The van der Waals surface area contributed by atoms with Crippen molar-refractivity contribution in [1.29, 1.82) is 0 Å². The van der Waals surface area contributed by atoms with Gasteiger partial charge in [-0.1, -0.05) is 11.3 Å². The smallest absolute Gasteiger partial charge is 0.203 e. The van der Waals surface area contributed by atoms with Crippen molar-refractivity contribution in [2.24, 2.45) is 0 Å². The van der Waals surface area contributed by atoms with Crippen LogP contribution in [0.15, 0.2) is 24.3 Å². The Morgan fingerprint density at radius 2 is 2.06 bits per heavy atom. The summed E-state index contributed by atoms with van der Waals surface area (Å²) in [4.78, 5) is 0. The molecule has 0 aliphatic rings. The Hall–Kier alpha value is -1.82. The van der Waals surface area contributed by atoms with Crippen molar-refractivity contribution in [3.05, 3.63) is 29.3 Å². The van der Waals surface area contributed by atoms with Crippen molar-refractivity contribution >= 4 is 22.2 Å². The van der Waals surface area contributed by atoms with Crippen molar-refractivity contribution in [2.45, 2.75) is 13.3 Å². The third-order valence-electron chi connectivity index (χ3n) is 2.32. The second-order valence-electron chi connectivity index (χ2n) is 3.67. The van der Waals surface area contributed by atoms with Crippen LogP contribution in [-0.4, -0.2) is 23.3 Å². The maximum absolute atomic E-state index is 5.52. The molecule has 0 aliphatic heterocycles. The molecule has 1 heterocycles. The van der Waals surface area contributed by atoms with Gasteiger partial charge in [0.25, 0.3) is 0 Å². The van der Waals surface area contributed by atoms with E-state index >= 15 is 0 Å². The molecule has 0 bridgehead atoms. The summed E-state index contributed by atoms with van der Waals surface area (Å²) in [6.45, 7) is 3.47. The molecule has 0 unspecified atom stereocenters. The van der Waals surface area contributed by atoms with Crippen molar-refractivity contribution < 1.29 is 4.74 Å². The largest absolute Gasteiger partial charge is 0.494 e. The number of hydrogen-bond acceptors (Lipinski definition) is 6. The van der Waals surface area contributed by atoms with E-state index in [2.05, 4.69) is 15.5 Å². The molecule has 96 valence electrons. The molecule has 0 radical (unpaired) electrons. The zero-order chi connectivity index (χ0) is 12.8. The second kappa shape index (κ2) is 6.20.